The van der Waals surface area contributed by atoms with E-state index in [0.29, 0.717) is 23.7 Å². The number of aromatic nitrogens is 1. The molecule has 1 aromatic carbocycles. The lowest BCUT2D eigenvalue weighted by Gasteiger charge is -2.25. The van der Waals surface area contributed by atoms with E-state index in [1.807, 2.05) is 26.0 Å². The Labute approximate surface area is 192 Å². The summed E-state index contributed by atoms with van der Waals surface area (Å²) in [6.45, 7) is 11.3. The molecule has 0 aliphatic heterocycles. The van der Waals surface area contributed by atoms with Gasteiger partial charge in [-0.2, -0.15) is 0 Å². The van der Waals surface area contributed by atoms with Crippen molar-refractivity contribution in [1.82, 2.24) is 9.88 Å². The van der Waals surface area contributed by atoms with Crippen molar-refractivity contribution in [2.24, 2.45) is 11.1 Å². The van der Waals surface area contributed by atoms with Crippen molar-refractivity contribution in [1.29, 1.82) is 0 Å². The minimum Gasteiger partial charge on any atom is -0.352 e. The van der Waals surface area contributed by atoms with Gasteiger partial charge in [-0.15, -0.1) is 0 Å². The minimum atomic E-state index is -3.86. The summed E-state index contributed by atoms with van der Waals surface area (Å²) in [4.78, 5) is 12.9. The summed E-state index contributed by atoms with van der Waals surface area (Å²) in [7, 11) is -3.86. The highest BCUT2D eigenvalue weighted by Crippen LogP contribution is 2.35. The molecule has 0 saturated heterocycles. The smallest absolute Gasteiger partial charge is 0.251 e. The Bertz CT molecular complexity index is 1090. The number of carbonyl (C=O) groups excluding carboxylic acids is 1. The summed E-state index contributed by atoms with van der Waals surface area (Å²) in [5, 5.41) is 8.44. The van der Waals surface area contributed by atoms with Crippen LogP contribution in [0.25, 0.3) is 11.3 Å². The van der Waals surface area contributed by atoms with E-state index in [9.17, 15) is 13.2 Å². The molecular formula is C25H37N3O3S. The lowest BCUT2D eigenvalue weighted by atomic mass is 9.84. The number of benzene rings is 1. The van der Waals surface area contributed by atoms with Crippen molar-refractivity contribution in [3.8, 4) is 11.3 Å². The molecule has 3 rings (SSSR count). The second-order valence-electron chi connectivity index (χ2n) is 10.0. The normalized spacial score (nSPS) is 15.7. The molecule has 0 spiro atoms. The molecular weight excluding hydrogens is 422 g/mol. The second kappa shape index (κ2) is 9.40. The van der Waals surface area contributed by atoms with E-state index in [1.54, 1.807) is 6.07 Å². The van der Waals surface area contributed by atoms with Crippen LogP contribution in [0, 0.1) is 12.8 Å². The zero-order valence-electron chi connectivity index (χ0n) is 20.0. The zero-order valence-corrected chi connectivity index (χ0v) is 20.8. The van der Waals surface area contributed by atoms with Crippen molar-refractivity contribution in [3.63, 3.8) is 0 Å². The molecule has 0 bridgehead atoms. The van der Waals surface area contributed by atoms with Crippen LogP contribution in [-0.2, 0) is 22.0 Å². The van der Waals surface area contributed by atoms with Gasteiger partial charge < -0.3 is 9.88 Å². The molecule has 0 atom stereocenters. The molecule has 6 nitrogen and oxygen atoms in total. The van der Waals surface area contributed by atoms with Gasteiger partial charge >= 0.3 is 0 Å². The van der Waals surface area contributed by atoms with E-state index in [-0.39, 0.29) is 16.2 Å². The third kappa shape index (κ3) is 5.44. The number of primary sulfonamides is 1. The molecule has 0 radical (unpaired) electrons. The highest BCUT2D eigenvalue weighted by molar-refractivity contribution is 7.89. The summed E-state index contributed by atoms with van der Waals surface area (Å²) in [5.41, 5.74) is 3.73. The topological polar surface area (TPSA) is 94.2 Å². The maximum atomic E-state index is 12.7. The van der Waals surface area contributed by atoms with E-state index in [2.05, 4.69) is 36.7 Å². The Balaban J connectivity index is 2.20. The Morgan fingerprint density at radius 1 is 1.12 bits per heavy atom. The van der Waals surface area contributed by atoms with Crippen molar-refractivity contribution in [3.05, 3.63) is 41.1 Å². The minimum absolute atomic E-state index is 0.131. The lowest BCUT2D eigenvalue weighted by molar-refractivity contribution is 0.0955. The third-order valence-corrected chi connectivity index (χ3v) is 7.51. The number of carbonyl (C=O) groups is 1. The molecule has 1 amide bonds. The predicted octanol–water partition coefficient (Wildman–Crippen LogP) is 4.74. The number of nitrogens with one attached hydrogen (secondary N) is 1. The third-order valence-electron chi connectivity index (χ3n) is 6.49. The molecule has 1 fully saturated rings. The molecule has 1 aromatic heterocycles. The monoisotopic (exact) mass is 459 g/mol. The first-order chi connectivity index (χ1) is 14.9. The van der Waals surface area contributed by atoms with Gasteiger partial charge in [-0.25, -0.2) is 13.6 Å². The van der Waals surface area contributed by atoms with E-state index in [1.165, 1.54) is 19.3 Å². The first-order valence-corrected chi connectivity index (χ1v) is 13.1. The average molecular weight is 460 g/mol. The van der Waals surface area contributed by atoms with Crippen molar-refractivity contribution in [2.75, 3.05) is 6.54 Å². The highest BCUT2D eigenvalue weighted by Gasteiger charge is 2.25. The molecule has 1 saturated carbocycles. The number of nitrogens with two attached hydrogens (primary N) is 1. The van der Waals surface area contributed by atoms with Gasteiger partial charge in [0, 0.05) is 30.0 Å². The van der Waals surface area contributed by atoms with Gasteiger partial charge in [0.15, 0.2) is 0 Å². The molecule has 1 aliphatic rings. The summed E-state index contributed by atoms with van der Waals surface area (Å²) in [5.74, 6) is 0.379. The van der Waals surface area contributed by atoms with Crippen LogP contribution in [0.3, 0.4) is 0 Å². The van der Waals surface area contributed by atoms with Crippen LogP contribution in [0.4, 0.5) is 0 Å². The van der Waals surface area contributed by atoms with Gasteiger partial charge in [0.1, 0.15) is 4.90 Å². The van der Waals surface area contributed by atoms with Crippen LogP contribution in [0.2, 0.25) is 0 Å². The number of hydrogen-bond acceptors (Lipinski definition) is 3. The number of hydrogen-bond donors (Lipinski definition) is 2. The summed E-state index contributed by atoms with van der Waals surface area (Å²) < 4.78 is 26.8. The van der Waals surface area contributed by atoms with Gasteiger partial charge in [0.05, 0.1) is 0 Å². The molecule has 32 heavy (non-hydrogen) atoms. The molecule has 176 valence electrons. The van der Waals surface area contributed by atoms with Crippen LogP contribution in [0.15, 0.2) is 29.2 Å². The van der Waals surface area contributed by atoms with Crippen molar-refractivity contribution in [2.45, 2.75) is 83.6 Å². The molecule has 3 N–H and O–H groups in total. The zero-order chi connectivity index (χ0) is 23.7. The van der Waals surface area contributed by atoms with E-state index in [4.69, 9.17) is 5.14 Å². The molecule has 2 aromatic rings. The summed E-state index contributed by atoms with van der Waals surface area (Å²) in [6.07, 6.45) is 5.98. The molecule has 0 unspecified atom stereocenters. The Morgan fingerprint density at radius 3 is 2.34 bits per heavy atom. The maximum absolute atomic E-state index is 12.7. The Kier molecular flexibility index (Phi) is 7.20. The number of nitrogens with zero attached hydrogens (tertiary/aromatic N) is 1. The van der Waals surface area contributed by atoms with Crippen LogP contribution < -0.4 is 10.5 Å². The fourth-order valence-corrected chi connectivity index (χ4v) is 5.41. The SMILES string of the molecule is CCNC(=O)c1cc(-c2cc(S(N)(=O)=O)c(C)n2CC2CCCCC2)cc(C(C)(C)C)c1. The molecule has 1 heterocycles. The average Bonchev–Trinajstić information content (AvgIpc) is 3.04. The van der Waals surface area contributed by atoms with Gasteiger partial charge in [-0.3, -0.25) is 4.79 Å². The first kappa shape index (κ1) is 24.5. The van der Waals surface area contributed by atoms with Crippen LogP contribution in [0.5, 0.6) is 0 Å². The van der Waals surface area contributed by atoms with E-state index < -0.39 is 10.0 Å². The van der Waals surface area contributed by atoms with Gasteiger partial charge in [0.2, 0.25) is 10.0 Å². The van der Waals surface area contributed by atoms with E-state index in [0.717, 1.165) is 36.2 Å². The van der Waals surface area contributed by atoms with Gasteiger partial charge in [-0.05, 0) is 73.4 Å². The Morgan fingerprint density at radius 2 is 1.78 bits per heavy atom. The predicted molar refractivity (Wildman–Crippen MR) is 129 cm³/mol. The second-order valence-corrected chi connectivity index (χ2v) is 11.6. The van der Waals surface area contributed by atoms with Gasteiger partial charge in [-0.1, -0.05) is 40.0 Å². The fourth-order valence-electron chi connectivity index (χ4n) is 4.61. The van der Waals surface area contributed by atoms with Crippen LogP contribution in [-0.4, -0.2) is 25.4 Å². The fraction of sp³-hybridized carbons (Fsp3) is 0.560. The van der Waals surface area contributed by atoms with Crippen molar-refractivity contribution >= 4 is 15.9 Å². The summed E-state index contributed by atoms with van der Waals surface area (Å²) >= 11 is 0. The van der Waals surface area contributed by atoms with Gasteiger partial charge in [0.25, 0.3) is 5.91 Å². The number of sulfonamides is 1. The standard InChI is InChI=1S/C25H37N3O3S/c1-6-27-24(29)20-12-19(13-21(14-20)25(3,4)5)22-15-23(32(26,30)31)17(2)28(22)16-18-10-8-7-9-11-18/h12-15,18H,6-11,16H2,1-5H3,(H,27,29)(H2,26,30,31). The molecule has 1 aliphatic carbocycles. The quantitative estimate of drug-likeness (QED) is 0.653. The number of amides is 1. The molecule has 7 heteroatoms. The van der Waals surface area contributed by atoms with Crippen LogP contribution in [0.1, 0.15) is 81.4 Å². The first-order valence-electron chi connectivity index (χ1n) is 11.6. The summed E-state index contributed by atoms with van der Waals surface area (Å²) in [6, 6.07) is 7.54. The highest BCUT2D eigenvalue weighted by atomic mass is 32.2. The Hall–Kier alpha value is -2.12. The lowest BCUT2D eigenvalue weighted by Crippen LogP contribution is -2.23. The van der Waals surface area contributed by atoms with Crippen LogP contribution >= 0.6 is 0 Å². The maximum Gasteiger partial charge on any atom is 0.251 e. The number of rotatable bonds is 6. The van der Waals surface area contributed by atoms with Crippen molar-refractivity contribution < 1.29 is 13.2 Å². The largest absolute Gasteiger partial charge is 0.352 e. The van der Waals surface area contributed by atoms with E-state index >= 15 is 0 Å².